The van der Waals surface area contributed by atoms with Crippen molar-refractivity contribution in [1.29, 1.82) is 0 Å². The van der Waals surface area contributed by atoms with E-state index in [1.54, 1.807) is 31.2 Å². The standard InChI is InChI=1S/C56H62O8/c1-5-42-12-14-43(15-13-42)16-17-44-18-20-45(21-19-44)32-35-56(36-33-47(34-37-56)46-22-10-41(4)11-23-46)64-55(60)50-28-30-51(31-29-50)63-54(59)49-26-24-48(25-27-49)53(58)62-39-9-7-6-8-38-61-52(57)40(2)3/h1,12-15,18-21,28-31,41,46-49H,2,6-11,22-27,33-34,36-39H2,3-4H3. The first-order valence-corrected chi connectivity index (χ1v) is 23.3. The molecule has 6 rings (SSSR count). The summed E-state index contributed by atoms with van der Waals surface area (Å²) in [6.07, 6.45) is 19.3. The average molecular weight is 863 g/mol. The predicted octanol–water partition coefficient (Wildman–Crippen LogP) is 11.0. The molecule has 8 nitrogen and oxygen atoms in total. The van der Waals surface area contributed by atoms with E-state index < -0.39 is 11.6 Å². The van der Waals surface area contributed by atoms with Gasteiger partial charge in [-0.1, -0.05) is 50.0 Å². The zero-order valence-electron chi connectivity index (χ0n) is 37.6. The number of hydrogen-bond acceptors (Lipinski definition) is 8. The molecule has 0 spiro atoms. The number of carbonyl (C=O) groups excluding carboxylic acids is 4. The largest absolute Gasteiger partial charge is 0.465 e. The second-order valence-electron chi connectivity index (χ2n) is 18.0. The van der Waals surface area contributed by atoms with Crippen molar-refractivity contribution in [3.63, 3.8) is 0 Å². The van der Waals surface area contributed by atoms with Gasteiger partial charge >= 0.3 is 23.9 Å². The molecule has 3 fully saturated rings. The minimum atomic E-state index is -0.918. The average Bonchev–Trinajstić information content (AvgIpc) is 3.32. The van der Waals surface area contributed by atoms with Gasteiger partial charge in [-0.2, -0.15) is 0 Å². The van der Waals surface area contributed by atoms with Gasteiger partial charge in [0.2, 0.25) is 0 Å². The fourth-order valence-corrected chi connectivity index (χ4v) is 9.00. The molecular formula is C56H62O8. The van der Waals surface area contributed by atoms with Gasteiger partial charge in [0, 0.05) is 27.8 Å². The lowest BCUT2D eigenvalue weighted by Gasteiger charge is -2.40. The van der Waals surface area contributed by atoms with E-state index in [1.807, 2.05) is 48.5 Å². The van der Waals surface area contributed by atoms with Gasteiger partial charge in [-0.3, -0.25) is 9.59 Å². The summed E-state index contributed by atoms with van der Waals surface area (Å²) in [5.74, 6) is 16.3. The summed E-state index contributed by atoms with van der Waals surface area (Å²) < 4.78 is 22.7. The van der Waals surface area contributed by atoms with E-state index in [9.17, 15) is 19.2 Å². The lowest BCUT2D eigenvalue weighted by Crippen LogP contribution is -2.39. The van der Waals surface area contributed by atoms with Gasteiger partial charge < -0.3 is 18.9 Å². The SMILES string of the molecule is C#Cc1ccc(C#Cc2ccc(C#CC3(OC(=O)c4ccc(OC(=O)C5CCC(C(=O)OCCCCCCOC(=O)C(=C)C)CC5)cc4)CCC(C4CCC(C)CC4)CC3)cc2)cc1. The normalized spacial score (nSPS) is 22.7. The van der Waals surface area contributed by atoms with E-state index in [-0.39, 0.29) is 29.7 Å². The molecule has 0 bridgehead atoms. The highest BCUT2D eigenvalue weighted by atomic mass is 16.6. The molecule has 0 amide bonds. The first kappa shape index (κ1) is 47.4. The molecule has 3 aliphatic rings. The first-order valence-electron chi connectivity index (χ1n) is 23.3. The van der Waals surface area contributed by atoms with E-state index in [2.05, 4.69) is 43.1 Å². The number of ether oxygens (including phenoxy) is 4. The highest BCUT2D eigenvalue weighted by Crippen LogP contribution is 2.44. The van der Waals surface area contributed by atoms with Crippen LogP contribution in [0.3, 0.4) is 0 Å². The van der Waals surface area contributed by atoms with Crippen LogP contribution < -0.4 is 4.74 Å². The quantitative estimate of drug-likeness (QED) is 0.0394. The van der Waals surface area contributed by atoms with Crippen molar-refractivity contribution in [2.45, 2.75) is 122 Å². The minimum Gasteiger partial charge on any atom is -0.465 e. The summed E-state index contributed by atoms with van der Waals surface area (Å²) in [6, 6.07) is 21.9. The summed E-state index contributed by atoms with van der Waals surface area (Å²) in [6.45, 7) is 8.25. The van der Waals surface area contributed by atoms with E-state index in [1.165, 1.54) is 25.7 Å². The second-order valence-corrected chi connectivity index (χ2v) is 18.0. The van der Waals surface area contributed by atoms with Crippen LogP contribution in [0.4, 0.5) is 0 Å². The fourth-order valence-electron chi connectivity index (χ4n) is 9.00. The number of rotatable bonds is 14. The van der Waals surface area contributed by atoms with Gasteiger partial charge in [-0.05, 0) is 193 Å². The van der Waals surface area contributed by atoms with Crippen LogP contribution in [0.15, 0.2) is 84.9 Å². The first-order chi connectivity index (χ1) is 31.0. The third-order valence-corrected chi connectivity index (χ3v) is 13.1. The Kier molecular flexibility index (Phi) is 17.5. The lowest BCUT2D eigenvalue weighted by atomic mass is 9.68. The number of unbranched alkanes of at least 4 members (excludes halogenated alkanes) is 3. The Morgan fingerprint density at radius 3 is 1.67 bits per heavy atom. The van der Waals surface area contributed by atoms with Crippen LogP contribution in [0.2, 0.25) is 0 Å². The van der Waals surface area contributed by atoms with Crippen molar-refractivity contribution in [3.8, 4) is 41.8 Å². The molecule has 3 aliphatic carbocycles. The Morgan fingerprint density at radius 1 is 0.625 bits per heavy atom. The van der Waals surface area contributed by atoms with E-state index in [0.29, 0.717) is 80.5 Å². The Morgan fingerprint density at radius 2 is 1.12 bits per heavy atom. The summed E-state index contributed by atoms with van der Waals surface area (Å²) in [5, 5.41) is 0. The molecule has 8 heteroatoms. The molecule has 0 saturated heterocycles. The maximum absolute atomic E-state index is 13.8. The van der Waals surface area contributed by atoms with Crippen LogP contribution in [-0.2, 0) is 28.6 Å². The maximum Gasteiger partial charge on any atom is 0.339 e. The van der Waals surface area contributed by atoms with Crippen molar-refractivity contribution in [3.05, 3.63) is 113 Å². The number of esters is 4. The highest BCUT2D eigenvalue weighted by molar-refractivity contribution is 5.90. The molecule has 0 aliphatic heterocycles. The Labute approximate surface area is 380 Å². The Balaban J connectivity index is 0.989. The molecule has 3 saturated carbocycles. The third-order valence-electron chi connectivity index (χ3n) is 13.1. The van der Waals surface area contributed by atoms with Gasteiger partial charge in [-0.15, -0.1) is 6.42 Å². The molecule has 0 unspecified atom stereocenters. The zero-order chi connectivity index (χ0) is 45.3. The lowest BCUT2D eigenvalue weighted by molar-refractivity contribution is -0.152. The zero-order valence-corrected chi connectivity index (χ0v) is 37.6. The minimum absolute atomic E-state index is 0.218. The third kappa shape index (κ3) is 14.2. The van der Waals surface area contributed by atoms with E-state index in [0.717, 1.165) is 66.7 Å². The van der Waals surface area contributed by atoms with Crippen LogP contribution in [0.1, 0.15) is 149 Å². The number of carbonyl (C=O) groups is 4. The molecule has 64 heavy (non-hydrogen) atoms. The molecule has 0 N–H and O–H groups in total. The second kappa shape index (κ2) is 23.6. The van der Waals surface area contributed by atoms with Crippen molar-refractivity contribution in [2.24, 2.45) is 29.6 Å². The van der Waals surface area contributed by atoms with Crippen LogP contribution in [0.5, 0.6) is 5.75 Å². The number of hydrogen-bond donors (Lipinski definition) is 0. The molecule has 0 heterocycles. The van der Waals surface area contributed by atoms with Crippen LogP contribution in [0.25, 0.3) is 0 Å². The molecule has 0 aromatic heterocycles. The molecule has 3 aromatic rings. The van der Waals surface area contributed by atoms with Crippen molar-refractivity contribution in [1.82, 2.24) is 0 Å². The molecule has 0 atom stereocenters. The van der Waals surface area contributed by atoms with Crippen molar-refractivity contribution in [2.75, 3.05) is 13.2 Å². The predicted molar refractivity (Wildman–Crippen MR) is 248 cm³/mol. The van der Waals surface area contributed by atoms with Crippen LogP contribution in [0, 0.1) is 65.6 Å². The van der Waals surface area contributed by atoms with Gasteiger partial charge in [0.05, 0.1) is 30.6 Å². The summed E-state index contributed by atoms with van der Waals surface area (Å²) in [7, 11) is 0. The topological polar surface area (TPSA) is 105 Å². The van der Waals surface area contributed by atoms with Crippen LogP contribution >= 0.6 is 0 Å². The van der Waals surface area contributed by atoms with E-state index >= 15 is 0 Å². The van der Waals surface area contributed by atoms with Crippen LogP contribution in [-0.4, -0.2) is 42.7 Å². The Hall–Kier alpha value is -6.04. The molecule has 3 aromatic carbocycles. The monoisotopic (exact) mass is 862 g/mol. The van der Waals surface area contributed by atoms with Crippen molar-refractivity contribution < 1.29 is 38.1 Å². The van der Waals surface area contributed by atoms with Gasteiger partial charge in [-0.25, -0.2) is 9.59 Å². The summed E-state index contributed by atoms with van der Waals surface area (Å²) in [4.78, 5) is 51.1. The highest BCUT2D eigenvalue weighted by Gasteiger charge is 2.40. The van der Waals surface area contributed by atoms with Gasteiger partial charge in [0.15, 0.2) is 5.60 Å². The molecule has 0 radical (unpaired) electrons. The maximum atomic E-state index is 13.8. The molecule has 334 valence electrons. The Bertz CT molecular complexity index is 2230. The van der Waals surface area contributed by atoms with Gasteiger partial charge in [0.1, 0.15) is 5.75 Å². The number of benzene rings is 3. The summed E-state index contributed by atoms with van der Waals surface area (Å²) in [5.41, 5.74) is 3.23. The number of terminal acetylenes is 1. The smallest absolute Gasteiger partial charge is 0.339 e. The summed E-state index contributed by atoms with van der Waals surface area (Å²) >= 11 is 0. The van der Waals surface area contributed by atoms with Crippen molar-refractivity contribution >= 4 is 23.9 Å². The fraction of sp³-hybridized carbons (Fsp3) is 0.464. The van der Waals surface area contributed by atoms with E-state index in [4.69, 9.17) is 25.4 Å². The van der Waals surface area contributed by atoms with Gasteiger partial charge in [0.25, 0.3) is 0 Å². The molecular weight excluding hydrogens is 801 g/mol.